The van der Waals surface area contributed by atoms with Crippen molar-refractivity contribution in [1.82, 2.24) is 4.57 Å². The minimum atomic E-state index is -0.0291. The van der Waals surface area contributed by atoms with Gasteiger partial charge in [0.05, 0.1) is 0 Å². The van der Waals surface area contributed by atoms with Crippen molar-refractivity contribution < 1.29 is 0 Å². The number of aromatic nitrogens is 1. The van der Waals surface area contributed by atoms with Crippen LogP contribution in [-0.4, -0.2) is 4.57 Å². The summed E-state index contributed by atoms with van der Waals surface area (Å²) in [5.41, 5.74) is 15.5. The first-order chi connectivity index (χ1) is 26.4. The summed E-state index contributed by atoms with van der Waals surface area (Å²) in [5.74, 6) is 0. The van der Waals surface area contributed by atoms with Crippen LogP contribution in [0.5, 0.6) is 0 Å². The van der Waals surface area contributed by atoms with Crippen molar-refractivity contribution in [3.8, 4) is 44.5 Å². The Kier molecular flexibility index (Phi) is 8.44. The average Bonchev–Trinajstić information content (AvgIpc) is 3.57. The number of rotatable bonds is 7. The Bertz CT molecular complexity index is 2720. The van der Waals surface area contributed by atoms with E-state index >= 15 is 0 Å². The third-order valence-corrected chi connectivity index (χ3v) is 10.5. The largest absolute Gasteiger partial charge is 0.335 e. The number of nitrogens with zero attached hydrogens (tertiary/aromatic N) is 2. The molecule has 0 saturated heterocycles. The van der Waals surface area contributed by atoms with Gasteiger partial charge < -0.3 is 9.47 Å². The van der Waals surface area contributed by atoms with E-state index in [2.05, 4.69) is 230 Å². The number of anilines is 3. The first-order valence-electron chi connectivity index (χ1n) is 18.8. The van der Waals surface area contributed by atoms with Crippen LogP contribution in [0, 0.1) is 0 Å². The first-order valence-corrected chi connectivity index (χ1v) is 18.8. The molecule has 9 aromatic rings. The Morgan fingerprint density at radius 2 is 0.796 bits per heavy atom. The molecule has 0 atom stereocenters. The van der Waals surface area contributed by atoms with Gasteiger partial charge in [-0.1, -0.05) is 140 Å². The van der Waals surface area contributed by atoms with Crippen LogP contribution in [-0.2, 0) is 5.54 Å². The molecule has 1 heterocycles. The van der Waals surface area contributed by atoms with E-state index in [4.69, 9.17) is 0 Å². The van der Waals surface area contributed by atoms with Crippen LogP contribution in [0.1, 0.15) is 20.8 Å². The third kappa shape index (κ3) is 6.16. The number of benzene rings is 8. The summed E-state index contributed by atoms with van der Waals surface area (Å²) in [4.78, 5) is 2.32. The van der Waals surface area contributed by atoms with Crippen LogP contribution in [0.4, 0.5) is 17.1 Å². The molecule has 1 aromatic heterocycles. The number of hydrogen-bond acceptors (Lipinski definition) is 1. The first kappa shape index (κ1) is 33.2. The predicted molar refractivity (Wildman–Crippen MR) is 231 cm³/mol. The van der Waals surface area contributed by atoms with E-state index in [0.29, 0.717) is 0 Å². The molecule has 0 radical (unpaired) electrons. The second-order valence-corrected chi connectivity index (χ2v) is 15.0. The standard InChI is InChI=1S/C52H42N2/c1-52(2,3)54-50-24-13-12-23-48(50)49-36-41(29-34-51(49)54)40-17-14-18-42(35-40)47-22-11-10-21-46(47)39-27-32-45(33-28-39)53(43-19-8-5-9-20-43)44-30-25-38(26-31-44)37-15-6-4-7-16-37/h4-36H,1-3H3. The lowest BCUT2D eigenvalue weighted by molar-refractivity contribution is 0.423. The fourth-order valence-electron chi connectivity index (χ4n) is 7.98. The summed E-state index contributed by atoms with van der Waals surface area (Å²) in [6.45, 7) is 6.85. The fourth-order valence-corrected chi connectivity index (χ4v) is 7.98. The van der Waals surface area contributed by atoms with Gasteiger partial charge in [-0.3, -0.25) is 0 Å². The molecule has 0 aliphatic heterocycles. The van der Waals surface area contributed by atoms with Gasteiger partial charge in [-0.2, -0.15) is 0 Å². The Hall–Kier alpha value is -6.64. The Balaban J connectivity index is 1.06. The van der Waals surface area contributed by atoms with E-state index in [1.54, 1.807) is 0 Å². The molecule has 0 aliphatic rings. The molecule has 0 unspecified atom stereocenters. The zero-order valence-corrected chi connectivity index (χ0v) is 30.9. The highest BCUT2D eigenvalue weighted by atomic mass is 15.1. The quantitative estimate of drug-likeness (QED) is 0.161. The number of para-hydroxylation sites is 2. The van der Waals surface area contributed by atoms with Gasteiger partial charge >= 0.3 is 0 Å². The summed E-state index contributed by atoms with van der Waals surface area (Å²) >= 11 is 0. The van der Waals surface area contributed by atoms with E-state index < -0.39 is 0 Å². The molecule has 260 valence electrons. The molecule has 2 nitrogen and oxygen atoms in total. The van der Waals surface area contributed by atoms with Crippen LogP contribution in [0.3, 0.4) is 0 Å². The number of fused-ring (bicyclic) bond motifs is 3. The molecule has 9 rings (SSSR count). The molecule has 0 N–H and O–H groups in total. The van der Waals surface area contributed by atoms with E-state index in [9.17, 15) is 0 Å². The minimum absolute atomic E-state index is 0.0291. The highest BCUT2D eigenvalue weighted by molar-refractivity contribution is 6.09. The van der Waals surface area contributed by atoms with Gasteiger partial charge in [0.1, 0.15) is 0 Å². The fraction of sp³-hybridized carbons (Fsp3) is 0.0769. The molecule has 0 bridgehead atoms. The van der Waals surface area contributed by atoms with Gasteiger partial charge in [-0.05, 0) is 126 Å². The average molecular weight is 695 g/mol. The molecule has 8 aromatic carbocycles. The highest BCUT2D eigenvalue weighted by Crippen LogP contribution is 2.40. The van der Waals surface area contributed by atoms with E-state index in [0.717, 1.165) is 17.1 Å². The monoisotopic (exact) mass is 694 g/mol. The van der Waals surface area contributed by atoms with Crippen molar-refractivity contribution in [2.45, 2.75) is 26.3 Å². The molecule has 0 spiro atoms. The lowest BCUT2D eigenvalue weighted by atomic mass is 9.92. The van der Waals surface area contributed by atoms with Gasteiger partial charge in [0.15, 0.2) is 0 Å². The van der Waals surface area contributed by atoms with E-state index in [1.165, 1.54) is 66.3 Å². The molecule has 2 heteroatoms. The highest BCUT2D eigenvalue weighted by Gasteiger charge is 2.21. The van der Waals surface area contributed by atoms with Gasteiger partial charge in [-0.15, -0.1) is 0 Å². The van der Waals surface area contributed by atoms with Crippen LogP contribution in [0.2, 0.25) is 0 Å². The predicted octanol–water partition coefficient (Wildman–Crippen LogP) is 14.7. The maximum Gasteiger partial charge on any atom is 0.0496 e. The second kappa shape index (κ2) is 13.7. The lowest BCUT2D eigenvalue weighted by Gasteiger charge is -2.26. The lowest BCUT2D eigenvalue weighted by Crippen LogP contribution is -2.21. The minimum Gasteiger partial charge on any atom is -0.335 e. The topological polar surface area (TPSA) is 8.17 Å². The van der Waals surface area contributed by atoms with Crippen LogP contribution in [0.15, 0.2) is 200 Å². The second-order valence-electron chi connectivity index (χ2n) is 15.0. The van der Waals surface area contributed by atoms with Crippen molar-refractivity contribution in [1.29, 1.82) is 0 Å². The number of hydrogen-bond donors (Lipinski definition) is 0. The van der Waals surface area contributed by atoms with Gasteiger partial charge in [0, 0.05) is 44.4 Å². The molecule has 0 amide bonds. The molecule has 54 heavy (non-hydrogen) atoms. The Labute approximate surface area is 318 Å². The zero-order valence-electron chi connectivity index (χ0n) is 30.9. The molecular formula is C52H42N2. The summed E-state index contributed by atoms with van der Waals surface area (Å²) in [6, 6.07) is 72.5. The van der Waals surface area contributed by atoms with Crippen LogP contribution < -0.4 is 4.90 Å². The Morgan fingerprint density at radius 1 is 0.333 bits per heavy atom. The van der Waals surface area contributed by atoms with Crippen LogP contribution >= 0.6 is 0 Å². The van der Waals surface area contributed by atoms with E-state index in [1.807, 2.05) is 0 Å². The summed E-state index contributed by atoms with van der Waals surface area (Å²) in [6.07, 6.45) is 0. The molecule has 0 saturated carbocycles. The normalized spacial score (nSPS) is 11.6. The van der Waals surface area contributed by atoms with Gasteiger partial charge in [0.2, 0.25) is 0 Å². The summed E-state index contributed by atoms with van der Waals surface area (Å²) < 4.78 is 2.47. The molecule has 0 fully saturated rings. The van der Waals surface area contributed by atoms with Crippen molar-refractivity contribution in [3.63, 3.8) is 0 Å². The van der Waals surface area contributed by atoms with Crippen molar-refractivity contribution in [3.05, 3.63) is 200 Å². The van der Waals surface area contributed by atoms with Gasteiger partial charge in [0.25, 0.3) is 0 Å². The smallest absolute Gasteiger partial charge is 0.0496 e. The SMILES string of the molecule is CC(C)(C)n1c2ccccc2c2cc(-c3cccc(-c4ccccc4-c4ccc(N(c5ccccc5)c5ccc(-c6ccccc6)cc5)cc4)c3)ccc21. The third-order valence-electron chi connectivity index (χ3n) is 10.5. The molecule has 0 aliphatic carbocycles. The Morgan fingerprint density at radius 3 is 1.48 bits per heavy atom. The zero-order chi connectivity index (χ0) is 36.6. The van der Waals surface area contributed by atoms with Crippen LogP contribution in [0.25, 0.3) is 66.3 Å². The summed E-state index contributed by atoms with van der Waals surface area (Å²) in [5, 5.41) is 2.59. The molecular weight excluding hydrogens is 653 g/mol. The van der Waals surface area contributed by atoms with Crippen molar-refractivity contribution in [2.75, 3.05) is 4.90 Å². The van der Waals surface area contributed by atoms with Crippen molar-refractivity contribution >= 4 is 38.9 Å². The van der Waals surface area contributed by atoms with Gasteiger partial charge in [-0.25, -0.2) is 0 Å². The maximum absolute atomic E-state index is 2.47. The summed E-state index contributed by atoms with van der Waals surface area (Å²) in [7, 11) is 0. The van der Waals surface area contributed by atoms with E-state index in [-0.39, 0.29) is 5.54 Å². The maximum atomic E-state index is 2.47. The van der Waals surface area contributed by atoms with Crippen molar-refractivity contribution in [2.24, 2.45) is 0 Å².